The van der Waals surface area contributed by atoms with Gasteiger partial charge in [0.25, 0.3) is 0 Å². The largest absolute Gasteiger partial charge is 0.473 e. The molecular formula is C32H49N4O4P. The van der Waals surface area contributed by atoms with Crippen LogP contribution in [0.15, 0.2) is 60.7 Å². The fourth-order valence-corrected chi connectivity index (χ4v) is 7.76. The number of rotatable bonds is 7. The number of likely N-dealkylation sites (N-methyl/N-ethyl adjacent to an activating group) is 1. The van der Waals surface area contributed by atoms with E-state index in [0.717, 1.165) is 84.7 Å². The summed E-state index contributed by atoms with van der Waals surface area (Å²) in [5.74, 6) is 0. The average Bonchev–Trinajstić information content (AvgIpc) is 3.00. The molecule has 1 aliphatic carbocycles. The number of nitrogens with zero attached hydrogens (tertiary/aromatic N) is 4. The van der Waals surface area contributed by atoms with Crippen LogP contribution >= 0.6 is 7.82 Å². The van der Waals surface area contributed by atoms with Crippen molar-refractivity contribution in [2.45, 2.75) is 50.0 Å². The molecule has 1 saturated carbocycles. The highest BCUT2D eigenvalue weighted by atomic mass is 31.2. The maximum atomic E-state index is 13.1. The molecular weight excluding hydrogens is 535 g/mol. The predicted molar refractivity (Wildman–Crippen MR) is 164 cm³/mol. The predicted octanol–water partition coefficient (Wildman–Crippen LogP) is 4.65. The Bertz CT molecular complexity index is 1060. The van der Waals surface area contributed by atoms with Crippen LogP contribution in [0, 0.1) is 0 Å². The maximum absolute atomic E-state index is 13.1. The lowest BCUT2D eigenvalue weighted by Gasteiger charge is -2.41. The van der Waals surface area contributed by atoms with Crippen LogP contribution in [0.2, 0.25) is 0 Å². The molecule has 3 fully saturated rings. The zero-order valence-corrected chi connectivity index (χ0v) is 25.7. The molecule has 41 heavy (non-hydrogen) atoms. The second-order valence-electron chi connectivity index (χ2n) is 12.2. The van der Waals surface area contributed by atoms with Gasteiger partial charge in [0.15, 0.2) is 0 Å². The monoisotopic (exact) mass is 584 g/mol. The molecule has 0 radical (unpaired) electrons. The molecule has 5 rings (SSSR count). The molecule has 2 heterocycles. The highest BCUT2D eigenvalue weighted by Crippen LogP contribution is 2.51. The third-order valence-electron chi connectivity index (χ3n) is 9.35. The fourth-order valence-electron chi connectivity index (χ4n) is 6.80. The van der Waals surface area contributed by atoms with Crippen molar-refractivity contribution in [3.05, 3.63) is 71.8 Å². The van der Waals surface area contributed by atoms with Crippen LogP contribution in [-0.4, -0.2) is 110 Å². The van der Waals surface area contributed by atoms with Crippen molar-refractivity contribution in [3.63, 3.8) is 0 Å². The zero-order chi connectivity index (χ0) is 28.5. The van der Waals surface area contributed by atoms with E-state index in [0.29, 0.717) is 12.8 Å². The minimum Gasteiger partial charge on any atom is -0.305 e. The lowest BCUT2D eigenvalue weighted by atomic mass is 9.65. The summed E-state index contributed by atoms with van der Waals surface area (Å²) in [5.41, 5.74) is 2.48. The highest BCUT2D eigenvalue weighted by Gasteiger charge is 2.40. The molecule has 3 unspecified atom stereocenters. The van der Waals surface area contributed by atoms with Gasteiger partial charge in [-0.3, -0.25) is 13.9 Å². The Hall–Kier alpha value is -1.61. The van der Waals surface area contributed by atoms with E-state index in [-0.39, 0.29) is 18.2 Å². The van der Waals surface area contributed by atoms with Gasteiger partial charge in [-0.05, 0) is 76.3 Å². The smallest absolute Gasteiger partial charge is 0.305 e. The molecule has 0 spiro atoms. The minimum absolute atomic E-state index is 0.111. The molecule has 0 aromatic heterocycles. The normalized spacial score (nSPS) is 27.2. The molecule has 3 aliphatic rings. The molecule has 2 bridgehead atoms. The molecule has 0 amide bonds. The molecule has 3 atom stereocenters. The summed E-state index contributed by atoms with van der Waals surface area (Å²) >= 11 is 0. The van der Waals surface area contributed by atoms with Gasteiger partial charge in [-0.25, -0.2) is 4.57 Å². The summed E-state index contributed by atoms with van der Waals surface area (Å²) in [6.07, 6.45) is 5.04. The van der Waals surface area contributed by atoms with Crippen LogP contribution in [0.4, 0.5) is 0 Å². The lowest BCUT2D eigenvalue weighted by Crippen LogP contribution is -2.46. The summed E-state index contributed by atoms with van der Waals surface area (Å²) in [7, 11) is -1.95. The van der Waals surface area contributed by atoms with Gasteiger partial charge in [-0.2, -0.15) is 0 Å². The van der Waals surface area contributed by atoms with Crippen molar-refractivity contribution in [1.29, 1.82) is 0 Å². The Morgan fingerprint density at radius 2 is 1.29 bits per heavy atom. The summed E-state index contributed by atoms with van der Waals surface area (Å²) in [5, 5.41) is 0. The van der Waals surface area contributed by atoms with Gasteiger partial charge < -0.3 is 19.6 Å². The van der Waals surface area contributed by atoms with E-state index >= 15 is 0 Å². The van der Waals surface area contributed by atoms with Crippen molar-refractivity contribution in [3.8, 4) is 0 Å². The molecule has 9 heteroatoms. The zero-order valence-electron chi connectivity index (χ0n) is 24.8. The highest BCUT2D eigenvalue weighted by molar-refractivity contribution is 7.47. The molecule has 8 nitrogen and oxygen atoms in total. The molecule has 226 valence electrons. The quantitative estimate of drug-likeness (QED) is 0.472. The summed E-state index contributed by atoms with van der Waals surface area (Å²) < 4.78 is 24.5. The lowest BCUT2D eigenvalue weighted by molar-refractivity contribution is 0.0323. The molecule has 2 aliphatic heterocycles. The van der Waals surface area contributed by atoms with Gasteiger partial charge in [0.05, 0.1) is 6.10 Å². The maximum Gasteiger partial charge on any atom is 0.473 e. The van der Waals surface area contributed by atoms with Gasteiger partial charge in [-0.15, -0.1) is 0 Å². The van der Waals surface area contributed by atoms with E-state index in [1.54, 1.807) is 0 Å². The third-order valence-corrected chi connectivity index (χ3v) is 10.4. The number of hydrogen-bond acceptors (Lipinski definition) is 7. The van der Waals surface area contributed by atoms with Crippen molar-refractivity contribution >= 4 is 7.82 Å². The van der Waals surface area contributed by atoms with E-state index in [2.05, 4.69) is 87.3 Å². The Labute approximate surface area is 246 Å². The van der Waals surface area contributed by atoms with Crippen molar-refractivity contribution in [2.24, 2.45) is 0 Å². The van der Waals surface area contributed by atoms with Crippen molar-refractivity contribution < 1.29 is 18.5 Å². The molecule has 2 saturated heterocycles. The van der Waals surface area contributed by atoms with Gasteiger partial charge >= 0.3 is 7.82 Å². The number of benzene rings is 2. The standard InChI is InChI=1S/C32H49N4O4P/c1-33-18-8-19-35-25-24-34(23-22-33)20-9-21-36(27-26-35)28-39-41(37,38)40-31-14-16-32(17-15-31,29-10-4-2-5-11-29)30-12-6-3-7-13-30/h2-7,10-13,31H,8-9,14-28H2,1H3,(H,37,38). The first-order valence-corrected chi connectivity index (χ1v) is 17.0. The van der Waals surface area contributed by atoms with E-state index in [9.17, 15) is 9.46 Å². The Kier molecular flexibility index (Phi) is 11.1. The van der Waals surface area contributed by atoms with E-state index in [4.69, 9.17) is 9.05 Å². The number of phosphoric acid groups is 1. The van der Waals surface area contributed by atoms with E-state index < -0.39 is 7.82 Å². The first kappa shape index (κ1) is 30.8. The summed E-state index contributed by atoms with van der Waals surface area (Å²) in [6, 6.07) is 21.3. The topological polar surface area (TPSA) is 68.7 Å². The number of fused-ring (bicyclic) bond motifs is 3. The second kappa shape index (κ2) is 14.7. The van der Waals surface area contributed by atoms with E-state index in [1.807, 2.05) is 0 Å². The van der Waals surface area contributed by atoms with Crippen LogP contribution in [-0.2, 0) is 19.0 Å². The van der Waals surface area contributed by atoms with Crippen LogP contribution < -0.4 is 0 Å². The molecule has 2 aromatic rings. The summed E-state index contributed by atoms with van der Waals surface area (Å²) in [4.78, 5) is 20.4. The first-order valence-electron chi connectivity index (χ1n) is 15.5. The van der Waals surface area contributed by atoms with Gasteiger partial charge in [0, 0.05) is 51.2 Å². The van der Waals surface area contributed by atoms with Crippen molar-refractivity contribution in [2.75, 3.05) is 79.2 Å². The van der Waals surface area contributed by atoms with Crippen LogP contribution in [0.5, 0.6) is 0 Å². The van der Waals surface area contributed by atoms with Crippen LogP contribution in [0.1, 0.15) is 49.7 Å². The Balaban J connectivity index is 1.15. The second-order valence-corrected chi connectivity index (χ2v) is 13.6. The van der Waals surface area contributed by atoms with Crippen LogP contribution in [0.3, 0.4) is 0 Å². The van der Waals surface area contributed by atoms with E-state index in [1.165, 1.54) is 17.5 Å². The summed E-state index contributed by atoms with van der Waals surface area (Å²) in [6.45, 7) is 10.4. The number of hydrogen-bond donors (Lipinski definition) is 1. The van der Waals surface area contributed by atoms with Crippen molar-refractivity contribution in [1.82, 2.24) is 19.6 Å². The fraction of sp³-hybridized carbons (Fsp3) is 0.625. The average molecular weight is 585 g/mol. The van der Waals surface area contributed by atoms with Gasteiger partial charge in [0.1, 0.15) is 6.73 Å². The Morgan fingerprint density at radius 3 is 1.90 bits per heavy atom. The van der Waals surface area contributed by atoms with Gasteiger partial charge in [0.2, 0.25) is 0 Å². The minimum atomic E-state index is -4.18. The first-order chi connectivity index (χ1) is 19.9. The third kappa shape index (κ3) is 8.71. The molecule has 2 aromatic carbocycles. The Morgan fingerprint density at radius 1 is 0.756 bits per heavy atom. The molecule has 1 N–H and O–H groups in total. The SMILES string of the molecule is CN1CCCN2CCN(CCCN(COP(=O)(O)OC3CCC(c4ccccc4)(c4ccccc4)CC3)CC2)CC1. The van der Waals surface area contributed by atoms with Gasteiger partial charge in [-0.1, -0.05) is 60.7 Å². The van der Waals surface area contributed by atoms with Crippen LogP contribution in [0.25, 0.3) is 0 Å². The number of phosphoric ester groups is 1.